The van der Waals surface area contributed by atoms with E-state index in [1.54, 1.807) is 0 Å². The molecule has 1 aliphatic rings. The largest absolute Gasteiger partial charge is 0.257 e. The normalized spacial score (nSPS) is 12.7. The third-order valence-electron chi connectivity index (χ3n) is 5.47. The molecule has 27 heavy (non-hydrogen) atoms. The Balaban J connectivity index is 1.56. The number of allylic oxidation sites excluding steroid dienone is 1. The Morgan fingerprint density at radius 1 is 0.852 bits per heavy atom. The van der Waals surface area contributed by atoms with Crippen molar-refractivity contribution in [2.75, 3.05) is 0 Å². The number of benzene rings is 2. The molecule has 0 bridgehead atoms. The van der Waals surface area contributed by atoms with Crippen molar-refractivity contribution in [1.82, 2.24) is 4.98 Å². The summed E-state index contributed by atoms with van der Waals surface area (Å²) in [4.78, 5) is 4.53. The molecule has 4 rings (SSSR count). The second-order valence-corrected chi connectivity index (χ2v) is 7.45. The van der Waals surface area contributed by atoms with Crippen LogP contribution in [-0.4, -0.2) is 4.98 Å². The van der Waals surface area contributed by atoms with E-state index in [0.29, 0.717) is 0 Å². The minimum Gasteiger partial charge on any atom is -0.257 e. The second kappa shape index (κ2) is 8.35. The molecule has 0 atom stereocenters. The van der Waals surface area contributed by atoms with Crippen LogP contribution in [0.4, 0.5) is 0 Å². The quantitative estimate of drug-likeness (QED) is 0.418. The maximum absolute atomic E-state index is 4.53. The van der Waals surface area contributed by atoms with Crippen LogP contribution in [0.15, 0.2) is 66.9 Å². The summed E-state index contributed by atoms with van der Waals surface area (Å²) >= 11 is 0. The van der Waals surface area contributed by atoms with Crippen LogP contribution in [-0.2, 0) is 12.8 Å². The first kappa shape index (κ1) is 17.7. The monoisotopic (exact) mass is 353 g/mol. The van der Waals surface area contributed by atoms with Gasteiger partial charge >= 0.3 is 0 Å². The van der Waals surface area contributed by atoms with Gasteiger partial charge in [-0.15, -0.1) is 0 Å². The van der Waals surface area contributed by atoms with E-state index in [9.17, 15) is 0 Å². The number of aromatic nitrogens is 1. The highest BCUT2D eigenvalue weighted by Gasteiger charge is 2.18. The lowest BCUT2D eigenvalue weighted by Crippen LogP contribution is -1.90. The molecule has 2 aromatic carbocycles. The van der Waals surface area contributed by atoms with Crippen molar-refractivity contribution in [3.8, 4) is 11.1 Å². The number of hydrogen-bond acceptors (Lipinski definition) is 1. The molecule has 3 aromatic rings. The molecule has 0 unspecified atom stereocenters. The van der Waals surface area contributed by atoms with Crippen molar-refractivity contribution < 1.29 is 0 Å². The van der Waals surface area contributed by atoms with Crippen molar-refractivity contribution in [3.63, 3.8) is 0 Å². The summed E-state index contributed by atoms with van der Waals surface area (Å²) in [5.41, 5.74) is 9.24. The van der Waals surface area contributed by atoms with E-state index in [2.05, 4.69) is 72.6 Å². The van der Waals surface area contributed by atoms with Crippen molar-refractivity contribution in [2.24, 2.45) is 0 Å². The Morgan fingerprint density at radius 3 is 2.52 bits per heavy atom. The number of aryl methyl sites for hydroxylation is 1. The Morgan fingerprint density at radius 2 is 1.74 bits per heavy atom. The number of nitrogens with zero attached hydrogens (tertiary/aromatic N) is 1. The predicted molar refractivity (Wildman–Crippen MR) is 116 cm³/mol. The van der Waals surface area contributed by atoms with Crippen molar-refractivity contribution >= 4 is 11.6 Å². The first-order chi connectivity index (χ1) is 13.3. The minimum atomic E-state index is 0.968. The van der Waals surface area contributed by atoms with Gasteiger partial charge in [-0.1, -0.05) is 74.7 Å². The average molecular weight is 354 g/mol. The molecule has 0 radical (unpaired) electrons. The molecule has 1 aliphatic carbocycles. The van der Waals surface area contributed by atoms with E-state index in [1.165, 1.54) is 65.5 Å². The lowest BCUT2D eigenvalue weighted by Gasteiger charge is -2.09. The maximum Gasteiger partial charge on any atom is 0.0665 e. The molecule has 0 fully saturated rings. The zero-order valence-electron chi connectivity index (χ0n) is 16.1. The summed E-state index contributed by atoms with van der Waals surface area (Å²) in [7, 11) is 0. The molecule has 0 amide bonds. The SMILES string of the molecule is CCCCCCc1ccc(-c2cccc3c2C=C(c2ccccn2)C3)cc1. The molecule has 0 N–H and O–H groups in total. The summed E-state index contributed by atoms with van der Waals surface area (Å²) in [6.45, 7) is 2.26. The van der Waals surface area contributed by atoms with Gasteiger partial charge in [-0.3, -0.25) is 4.98 Å². The van der Waals surface area contributed by atoms with Gasteiger partial charge in [-0.25, -0.2) is 0 Å². The molecule has 0 spiro atoms. The van der Waals surface area contributed by atoms with Crippen LogP contribution in [0.25, 0.3) is 22.8 Å². The molecule has 0 aliphatic heterocycles. The summed E-state index contributed by atoms with van der Waals surface area (Å²) < 4.78 is 0. The summed E-state index contributed by atoms with van der Waals surface area (Å²) in [6.07, 6.45) is 11.6. The molecule has 136 valence electrons. The van der Waals surface area contributed by atoms with Crippen molar-refractivity contribution in [2.45, 2.75) is 45.4 Å². The number of rotatable bonds is 7. The van der Waals surface area contributed by atoms with E-state index < -0.39 is 0 Å². The van der Waals surface area contributed by atoms with E-state index in [-0.39, 0.29) is 0 Å². The molecular formula is C26H27N. The Bertz CT molecular complexity index is 920. The molecule has 1 heterocycles. The van der Waals surface area contributed by atoms with E-state index in [1.807, 2.05) is 12.3 Å². The van der Waals surface area contributed by atoms with E-state index in [4.69, 9.17) is 0 Å². The third kappa shape index (κ3) is 4.03. The fraction of sp³-hybridized carbons (Fsp3) is 0.269. The number of unbranched alkanes of at least 4 members (excludes halogenated alkanes) is 3. The van der Waals surface area contributed by atoms with E-state index in [0.717, 1.165) is 12.1 Å². The van der Waals surface area contributed by atoms with Crippen LogP contribution in [0, 0.1) is 0 Å². The Labute approximate surface area is 162 Å². The molecule has 0 saturated heterocycles. The molecule has 0 saturated carbocycles. The molecule has 1 nitrogen and oxygen atoms in total. The molecule has 1 aromatic heterocycles. The summed E-state index contributed by atoms with van der Waals surface area (Å²) in [6, 6.07) is 22.0. The van der Waals surface area contributed by atoms with Crippen LogP contribution in [0.1, 0.15) is 55.0 Å². The number of pyridine rings is 1. The lowest BCUT2D eigenvalue weighted by atomic mass is 9.95. The topological polar surface area (TPSA) is 12.9 Å². The van der Waals surface area contributed by atoms with Crippen LogP contribution >= 0.6 is 0 Å². The predicted octanol–water partition coefficient (Wildman–Crippen LogP) is 6.97. The first-order valence-corrected chi connectivity index (χ1v) is 10.2. The highest BCUT2D eigenvalue weighted by molar-refractivity contribution is 5.93. The number of hydrogen-bond donors (Lipinski definition) is 0. The average Bonchev–Trinajstić information content (AvgIpc) is 3.17. The second-order valence-electron chi connectivity index (χ2n) is 7.45. The third-order valence-corrected chi connectivity index (χ3v) is 5.47. The van der Waals surface area contributed by atoms with Crippen molar-refractivity contribution in [1.29, 1.82) is 0 Å². The molecule has 1 heteroatoms. The van der Waals surface area contributed by atoms with E-state index >= 15 is 0 Å². The fourth-order valence-electron chi connectivity index (χ4n) is 3.94. The van der Waals surface area contributed by atoms with Gasteiger partial charge in [0.1, 0.15) is 0 Å². The van der Waals surface area contributed by atoms with Gasteiger partial charge in [-0.2, -0.15) is 0 Å². The van der Waals surface area contributed by atoms with Crippen LogP contribution in [0.3, 0.4) is 0 Å². The minimum absolute atomic E-state index is 0.968. The van der Waals surface area contributed by atoms with Crippen LogP contribution in [0.2, 0.25) is 0 Å². The van der Waals surface area contributed by atoms with Gasteiger partial charge in [0.25, 0.3) is 0 Å². The van der Waals surface area contributed by atoms with Gasteiger partial charge in [0, 0.05) is 12.6 Å². The highest BCUT2D eigenvalue weighted by Crippen LogP contribution is 2.37. The zero-order chi connectivity index (χ0) is 18.5. The lowest BCUT2D eigenvalue weighted by molar-refractivity contribution is 0.667. The fourth-order valence-corrected chi connectivity index (χ4v) is 3.94. The molecular weight excluding hydrogens is 326 g/mol. The first-order valence-electron chi connectivity index (χ1n) is 10.2. The smallest absolute Gasteiger partial charge is 0.0665 e. The van der Waals surface area contributed by atoms with Gasteiger partial charge in [-0.05, 0) is 64.4 Å². The van der Waals surface area contributed by atoms with Gasteiger partial charge in [0.05, 0.1) is 5.69 Å². The standard InChI is InChI=1S/C26H27N/c1-2-3-4-5-9-20-13-15-21(16-14-20)24-11-8-10-22-18-23(19-25(22)24)26-12-6-7-17-27-26/h6-8,10-17,19H,2-5,9,18H2,1H3. The van der Waals surface area contributed by atoms with Gasteiger partial charge in [0.15, 0.2) is 0 Å². The van der Waals surface area contributed by atoms with Crippen LogP contribution in [0.5, 0.6) is 0 Å². The maximum atomic E-state index is 4.53. The summed E-state index contributed by atoms with van der Waals surface area (Å²) in [5.74, 6) is 0. The van der Waals surface area contributed by atoms with Gasteiger partial charge in [0.2, 0.25) is 0 Å². The van der Waals surface area contributed by atoms with Crippen molar-refractivity contribution in [3.05, 3.63) is 89.2 Å². The van der Waals surface area contributed by atoms with Crippen LogP contribution < -0.4 is 0 Å². The highest BCUT2D eigenvalue weighted by atomic mass is 14.7. The Kier molecular flexibility index (Phi) is 5.48. The Hall–Kier alpha value is -2.67. The van der Waals surface area contributed by atoms with Gasteiger partial charge < -0.3 is 0 Å². The zero-order valence-corrected chi connectivity index (χ0v) is 16.1. The number of fused-ring (bicyclic) bond motifs is 1. The summed E-state index contributed by atoms with van der Waals surface area (Å²) in [5, 5.41) is 0.